The van der Waals surface area contributed by atoms with Gasteiger partial charge in [-0.15, -0.1) is 11.8 Å². The molecule has 19 heavy (non-hydrogen) atoms. The first kappa shape index (κ1) is 16.3. The molecular weight excluding hydrogens is 264 g/mol. The largest absolute Gasteiger partial charge is 0.481 e. The molecule has 0 heterocycles. The Kier molecular flexibility index (Phi) is 7.23. The van der Waals surface area contributed by atoms with Gasteiger partial charge in [-0.25, -0.2) is 0 Å². The highest BCUT2D eigenvalue weighted by Gasteiger charge is 2.26. The van der Waals surface area contributed by atoms with Crippen molar-refractivity contribution < 1.29 is 14.7 Å². The molecule has 1 aliphatic rings. The van der Waals surface area contributed by atoms with Crippen molar-refractivity contribution in [3.63, 3.8) is 0 Å². The first-order valence-electron chi connectivity index (χ1n) is 6.74. The highest BCUT2D eigenvalue weighted by atomic mass is 32.2. The minimum Gasteiger partial charge on any atom is -0.481 e. The Hall–Kier alpha value is -0.750. The van der Waals surface area contributed by atoms with E-state index in [1.165, 1.54) is 24.6 Å². The number of carboxylic acids is 1. The first-order chi connectivity index (χ1) is 9.00. The Morgan fingerprint density at radius 2 is 1.79 bits per heavy atom. The molecule has 0 aromatic rings. The minimum atomic E-state index is -0.862. The van der Waals surface area contributed by atoms with Crippen LogP contribution in [0.2, 0.25) is 0 Å². The van der Waals surface area contributed by atoms with Gasteiger partial charge in [0.25, 0.3) is 0 Å². The summed E-state index contributed by atoms with van der Waals surface area (Å²) in [6.45, 7) is 1.59. The molecule has 1 rings (SSSR count). The van der Waals surface area contributed by atoms with Gasteiger partial charge in [-0.2, -0.15) is 0 Å². The fraction of sp³-hybridized carbons (Fsp3) is 0.846. The summed E-state index contributed by atoms with van der Waals surface area (Å²) in [5.41, 5.74) is 0. The lowest BCUT2D eigenvalue weighted by Gasteiger charge is -2.30. The van der Waals surface area contributed by atoms with E-state index in [9.17, 15) is 9.59 Å². The van der Waals surface area contributed by atoms with Crippen LogP contribution in [0.3, 0.4) is 0 Å². The standard InChI is InChI=1S/C13H24N2O3S/c1-14(2)7-8-15(11-5-3-4-6-11)12(16)9-19-10-13(17)18/h11H,3-10H2,1-2H3,(H,17,18). The minimum absolute atomic E-state index is 0.00206. The molecule has 0 atom stereocenters. The van der Waals surface area contributed by atoms with Crippen LogP contribution in [-0.4, -0.2) is 71.5 Å². The molecule has 0 aromatic heterocycles. The van der Waals surface area contributed by atoms with Crippen molar-refractivity contribution in [3.05, 3.63) is 0 Å². The summed E-state index contributed by atoms with van der Waals surface area (Å²) in [5, 5.41) is 8.60. The second-order valence-corrected chi connectivity index (χ2v) is 6.20. The van der Waals surface area contributed by atoms with Gasteiger partial charge in [0, 0.05) is 19.1 Å². The lowest BCUT2D eigenvalue weighted by Crippen LogP contribution is -2.43. The Balaban J connectivity index is 2.46. The third kappa shape index (κ3) is 6.29. The van der Waals surface area contributed by atoms with Gasteiger partial charge in [0.15, 0.2) is 0 Å². The van der Waals surface area contributed by atoms with E-state index < -0.39 is 5.97 Å². The van der Waals surface area contributed by atoms with Crippen molar-refractivity contribution in [2.45, 2.75) is 31.7 Å². The molecule has 1 amide bonds. The van der Waals surface area contributed by atoms with Gasteiger partial charge in [0.2, 0.25) is 5.91 Å². The summed E-state index contributed by atoms with van der Waals surface area (Å²) in [4.78, 5) is 26.7. The van der Waals surface area contributed by atoms with Crippen LogP contribution in [-0.2, 0) is 9.59 Å². The zero-order chi connectivity index (χ0) is 14.3. The predicted molar refractivity (Wildman–Crippen MR) is 77.5 cm³/mol. The molecule has 5 nitrogen and oxygen atoms in total. The highest BCUT2D eigenvalue weighted by molar-refractivity contribution is 8.00. The van der Waals surface area contributed by atoms with Gasteiger partial charge in [-0.3, -0.25) is 9.59 Å². The van der Waals surface area contributed by atoms with E-state index >= 15 is 0 Å². The maximum atomic E-state index is 12.2. The lowest BCUT2D eigenvalue weighted by molar-refractivity contribution is -0.133. The number of nitrogens with zero attached hydrogens (tertiary/aromatic N) is 2. The number of carboxylic acid groups (broad SMARTS) is 1. The number of aliphatic carboxylic acids is 1. The third-order valence-electron chi connectivity index (χ3n) is 3.33. The zero-order valence-corrected chi connectivity index (χ0v) is 12.6. The molecule has 0 spiro atoms. The molecule has 0 saturated heterocycles. The van der Waals surface area contributed by atoms with Gasteiger partial charge < -0.3 is 14.9 Å². The van der Waals surface area contributed by atoms with Crippen LogP contribution in [0.5, 0.6) is 0 Å². The molecule has 1 saturated carbocycles. The fourth-order valence-corrected chi connectivity index (χ4v) is 2.96. The smallest absolute Gasteiger partial charge is 0.313 e. The molecule has 1 N–H and O–H groups in total. The van der Waals surface area contributed by atoms with Crippen molar-refractivity contribution in [1.82, 2.24) is 9.80 Å². The van der Waals surface area contributed by atoms with Gasteiger partial charge in [0.1, 0.15) is 0 Å². The monoisotopic (exact) mass is 288 g/mol. The summed E-state index contributed by atoms with van der Waals surface area (Å²) in [5.74, 6) is -0.507. The van der Waals surface area contributed by atoms with Crippen molar-refractivity contribution >= 4 is 23.6 Å². The lowest BCUT2D eigenvalue weighted by atomic mass is 10.2. The Morgan fingerprint density at radius 3 is 2.32 bits per heavy atom. The number of amides is 1. The molecule has 1 aliphatic carbocycles. The second-order valence-electron chi connectivity index (χ2n) is 5.22. The Labute approximate surface area is 119 Å². The maximum Gasteiger partial charge on any atom is 0.313 e. The molecule has 1 fully saturated rings. The van der Waals surface area contributed by atoms with Crippen LogP contribution in [0.1, 0.15) is 25.7 Å². The molecule has 0 unspecified atom stereocenters. The van der Waals surface area contributed by atoms with Crippen LogP contribution in [0.25, 0.3) is 0 Å². The number of likely N-dealkylation sites (N-methyl/N-ethyl adjacent to an activating group) is 1. The van der Waals surface area contributed by atoms with Crippen molar-refractivity contribution in [3.8, 4) is 0 Å². The number of hydrogen-bond acceptors (Lipinski definition) is 4. The van der Waals surface area contributed by atoms with E-state index in [1.54, 1.807) is 0 Å². The van der Waals surface area contributed by atoms with Crippen LogP contribution >= 0.6 is 11.8 Å². The third-order valence-corrected chi connectivity index (χ3v) is 4.23. The van der Waals surface area contributed by atoms with Crippen molar-refractivity contribution in [2.75, 3.05) is 38.7 Å². The molecule has 0 aliphatic heterocycles. The second kappa shape index (κ2) is 8.43. The van der Waals surface area contributed by atoms with Gasteiger partial charge in [-0.05, 0) is 26.9 Å². The fourth-order valence-electron chi connectivity index (χ4n) is 2.34. The van der Waals surface area contributed by atoms with E-state index in [-0.39, 0.29) is 17.4 Å². The molecule has 0 aromatic carbocycles. The van der Waals surface area contributed by atoms with Crippen LogP contribution in [0, 0.1) is 0 Å². The van der Waals surface area contributed by atoms with Gasteiger partial charge in [-0.1, -0.05) is 12.8 Å². The van der Waals surface area contributed by atoms with E-state index in [0.717, 1.165) is 25.9 Å². The van der Waals surface area contributed by atoms with Crippen LogP contribution < -0.4 is 0 Å². The normalized spacial score (nSPS) is 15.9. The van der Waals surface area contributed by atoms with Crippen LogP contribution in [0.4, 0.5) is 0 Å². The number of carbonyl (C=O) groups is 2. The van der Waals surface area contributed by atoms with Gasteiger partial charge >= 0.3 is 5.97 Å². The number of carbonyl (C=O) groups excluding carboxylic acids is 1. The van der Waals surface area contributed by atoms with E-state index in [0.29, 0.717) is 6.04 Å². The maximum absolute atomic E-state index is 12.2. The molecule has 0 bridgehead atoms. The SMILES string of the molecule is CN(C)CCN(C(=O)CSCC(=O)O)C1CCCC1. The average Bonchev–Trinajstić information content (AvgIpc) is 2.82. The highest BCUT2D eigenvalue weighted by Crippen LogP contribution is 2.24. The first-order valence-corrected chi connectivity index (χ1v) is 7.90. The van der Waals surface area contributed by atoms with Crippen LogP contribution in [0.15, 0.2) is 0 Å². The summed E-state index contributed by atoms with van der Waals surface area (Å²) in [6, 6.07) is 0.359. The summed E-state index contributed by atoms with van der Waals surface area (Å²) in [6.07, 6.45) is 4.56. The Bertz CT molecular complexity index is 304. The van der Waals surface area contributed by atoms with E-state index in [2.05, 4.69) is 4.90 Å². The number of thioether (sulfide) groups is 1. The Morgan fingerprint density at radius 1 is 1.16 bits per heavy atom. The zero-order valence-electron chi connectivity index (χ0n) is 11.8. The molecular formula is C13H24N2O3S. The predicted octanol–water partition coefficient (Wildman–Crippen LogP) is 1.14. The van der Waals surface area contributed by atoms with Gasteiger partial charge in [0.05, 0.1) is 11.5 Å². The van der Waals surface area contributed by atoms with Crippen molar-refractivity contribution in [2.24, 2.45) is 0 Å². The average molecular weight is 288 g/mol. The number of rotatable bonds is 8. The summed E-state index contributed by atoms with van der Waals surface area (Å²) in [7, 11) is 3.99. The molecule has 6 heteroatoms. The number of hydrogen-bond donors (Lipinski definition) is 1. The van der Waals surface area contributed by atoms with E-state index in [1.807, 2.05) is 19.0 Å². The molecule has 0 radical (unpaired) electrons. The summed E-state index contributed by atoms with van der Waals surface area (Å²) >= 11 is 1.19. The van der Waals surface area contributed by atoms with Crippen molar-refractivity contribution in [1.29, 1.82) is 0 Å². The molecule has 110 valence electrons. The van der Waals surface area contributed by atoms with E-state index in [4.69, 9.17) is 5.11 Å². The topological polar surface area (TPSA) is 60.9 Å². The quantitative estimate of drug-likeness (QED) is 0.725. The summed E-state index contributed by atoms with van der Waals surface area (Å²) < 4.78 is 0.